The first-order valence-corrected chi connectivity index (χ1v) is 8.63. The topological polar surface area (TPSA) is 66.1 Å². The standard InChI is InChI=1S/C16H33N5O.HI/c1-4-20-7-5-6-14(20)12-18-15(17)19-13-16(2,3)21-8-10-22-11-9-21;/h14H,4-13H2,1-3H3,(H3,17,18,19);1H. The van der Waals surface area contributed by atoms with Gasteiger partial charge in [-0.2, -0.15) is 0 Å². The molecule has 0 bridgehead atoms. The molecule has 2 saturated heterocycles. The van der Waals surface area contributed by atoms with E-state index in [0.717, 1.165) is 39.4 Å². The minimum Gasteiger partial charge on any atom is -0.379 e. The lowest BCUT2D eigenvalue weighted by molar-refractivity contribution is -0.00682. The van der Waals surface area contributed by atoms with Crippen LogP contribution in [0.3, 0.4) is 0 Å². The summed E-state index contributed by atoms with van der Waals surface area (Å²) in [5.74, 6) is 0.573. The first-order chi connectivity index (χ1) is 10.5. The molecule has 7 heteroatoms. The molecule has 0 radical (unpaired) electrons. The highest BCUT2D eigenvalue weighted by atomic mass is 127. The van der Waals surface area contributed by atoms with E-state index in [1.165, 1.54) is 19.4 Å². The van der Waals surface area contributed by atoms with Gasteiger partial charge in [-0.1, -0.05) is 6.92 Å². The van der Waals surface area contributed by atoms with Crippen LogP contribution < -0.4 is 11.1 Å². The molecule has 2 heterocycles. The zero-order valence-corrected chi connectivity index (χ0v) is 17.2. The summed E-state index contributed by atoms with van der Waals surface area (Å²) in [5.41, 5.74) is 6.08. The van der Waals surface area contributed by atoms with Crippen molar-refractivity contribution in [2.75, 3.05) is 52.5 Å². The van der Waals surface area contributed by atoms with Crippen LogP contribution in [0, 0.1) is 0 Å². The lowest BCUT2D eigenvalue weighted by atomic mass is 10.0. The van der Waals surface area contributed by atoms with Crippen molar-refractivity contribution in [1.29, 1.82) is 0 Å². The van der Waals surface area contributed by atoms with E-state index in [9.17, 15) is 0 Å². The average Bonchev–Trinajstić information content (AvgIpc) is 2.99. The third-order valence-electron chi connectivity index (χ3n) is 4.93. The number of likely N-dealkylation sites (tertiary alicyclic amines) is 1. The van der Waals surface area contributed by atoms with E-state index in [0.29, 0.717) is 18.5 Å². The fourth-order valence-electron chi connectivity index (χ4n) is 3.37. The molecule has 136 valence electrons. The van der Waals surface area contributed by atoms with Gasteiger partial charge in [0.05, 0.1) is 19.8 Å². The van der Waals surface area contributed by atoms with Crippen LogP contribution in [0.1, 0.15) is 33.6 Å². The number of morpholine rings is 1. The molecule has 2 aliphatic heterocycles. The number of ether oxygens (including phenoxy) is 1. The fourth-order valence-corrected chi connectivity index (χ4v) is 3.37. The van der Waals surface area contributed by atoms with Gasteiger partial charge in [0.1, 0.15) is 0 Å². The van der Waals surface area contributed by atoms with E-state index in [-0.39, 0.29) is 29.5 Å². The van der Waals surface area contributed by atoms with Crippen LogP contribution in [0.2, 0.25) is 0 Å². The number of nitrogens with one attached hydrogen (secondary N) is 1. The Morgan fingerprint density at radius 2 is 2.00 bits per heavy atom. The van der Waals surface area contributed by atoms with Crippen molar-refractivity contribution in [2.45, 2.75) is 45.2 Å². The first-order valence-electron chi connectivity index (χ1n) is 8.63. The monoisotopic (exact) mass is 439 g/mol. The molecule has 0 aromatic carbocycles. The smallest absolute Gasteiger partial charge is 0.188 e. The van der Waals surface area contributed by atoms with Crippen LogP contribution in [-0.4, -0.2) is 79.8 Å². The number of guanidine groups is 1. The van der Waals surface area contributed by atoms with Crippen molar-refractivity contribution in [2.24, 2.45) is 10.7 Å². The van der Waals surface area contributed by atoms with Crippen LogP contribution in [0.5, 0.6) is 0 Å². The number of rotatable bonds is 6. The lowest BCUT2D eigenvalue weighted by Gasteiger charge is -2.39. The van der Waals surface area contributed by atoms with E-state index >= 15 is 0 Å². The van der Waals surface area contributed by atoms with E-state index in [1.54, 1.807) is 0 Å². The predicted molar refractivity (Wildman–Crippen MR) is 107 cm³/mol. The van der Waals surface area contributed by atoms with Crippen molar-refractivity contribution in [3.8, 4) is 0 Å². The Balaban J connectivity index is 0.00000264. The molecule has 0 saturated carbocycles. The Kier molecular flexibility index (Phi) is 9.10. The molecular formula is C16H34IN5O. The molecule has 0 aliphatic carbocycles. The summed E-state index contributed by atoms with van der Waals surface area (Å²) in [6.07, 6.45) is 2.55. The molecule has 2 rings (SSSR count). The van der Waals surface area contributed by atoms with Gasteiger partial charge in [-0.05, 0) is 39.8 Å². The summed E-state index contributed by atoms with van der Waals surface area (Å²) >= 11 is 0. The van der Waals surface area contributed by atoms with Gasteiger partial charge in [0.25, 0.3) is 0 Å². The summed E-state index contributed by atoms with van der Waals surface area (Å²) < 4.78 is 5.42. The Morgan fingerprint density at radius 3 is 2.65 bits per heavy atom. The van der Waals surface area contributed by atoms with Crippen molar-refractivity contribution in [1.82, 2.24) is 15.1 Å². The Labute approximate surface area is 158 Å². The van der Waals surface area contributed by atoms with Crippen molar-refractivity contribution >= 4 is 29.9 Å². The molecule has 3 N–H and O–H groups in total. The average molecular weight is 439 g/mol. The largest absolute Gasteiger partial charge is 0.379 e. The highest BCUT2D eigenvalue weighted by Gasteiger charge is 2.28. The molecule has 0 aromatic heterocycles. The van der Waals surface area contributed by atoms with Gasteiger partial charge in [0.2, 0.25) is 0 Å². The van der Waals surface area contributed by atoms with Crippen LogP contribution in [0.4, 0.5) is 0 Å². The first kappa shape index (κ1) is 20.9. The summed E-state index contributed by atoms with van der Waals surface area (Å²) in [6, 6.07) is 0.603. The number of hydrogen-bond acceptors (Lipinski definition) is 4. The van der Waals surface area contributed by atoms with Crippen molar-refractivity contribution in [3.05, 3.63) is 0 Å². The second-order valence-electron chi connectivity index (χ2n) is 6.92. The third-order valence-corrected chi connectivity index (χ3v) is 4.93. The van der Waals surface area contributed by atoms with Crippen LogP contribution in [-0.2, 0) is 4.74 Å². The number of hydrogen-bond donors (Lipinski definition) is 2. The van der Waals surface area contributed by atoms with Gasteiger partial charge < -0.3 is 15.8 Å². The molecule has 6 nitrogen and oxygen atoms in total. The number of aliphatic imine (C=N–C) groups is 1. The number of nitrogens with two attached hydrogens (primary N) is 1. The summed E-state index contributed by atoms with van der Waals surface area (Å²) in [4.78, 5) is 9.51. The molecule has 1 unspecified atom stereocenters. The van der Waals surface area contributed by atoms with Crippen LogP contribution in [0.25, 0.3) is 0 Å². The minimum absolute atomic E-state index is 0. The maximum Gasteiger partial charge on any atom is 0.188 e. The van der Waals surface area contributed by atoms with Gasteiger partial charge in [0.15, 0.2) is 5.96 Å². The van der Waals surface area contributed by atoms with E-state index in [4.69, 9.17) is 10.5 Å². The molecule has 0 spiro atoms. The van der Waals surface area contributed by atoms with Gasteiger partial charge in [-0.25, -0.2) is 0 Å². The van der Waals surface area contributed by atoms with Gasteiger partial charge in [-0.15, -0.1) is 24.0 Å². The van der Waals surface area contributed by atoms with Crippen LogP contribution >= 0.6 is 24.0 Å². The highest BCUT2D eigenvalue weighted by Crippen LogP contribution is 2.17. The van der Waals surface area contributed by atoms with Gasteiger partial charge in [0, 0.05) is 31.2 Å². The second-order valence-corrected chi connectivity index (χ2v) is 6.92. The fraction of sp³-hybridized carbons (Fsp3) is 0.938. The van der Waals surface area contributed by atoms with Gasteiger partial charge in [-0.3, -0.25) is 14.8 Å². The third kappa shape index (κ3) is 6.36. The maximum atomic E-state index is 6.05. The van der Waals surface area contributed by atoms with Gasteiger partial charge >= 0.3 is 0 Å². The van der Waals surface area contributed by atoms with E-state index in [1.807, 2.05) is 0 Å². The number of likely N-dealkylation sites (N-methyl/N-ethyl adjacent to an activating group) is 1. The zero-order valence-electron chi connectivity index (χ0n) is 14.9. The lowest BCUT2D eigenvalue weighted by Crippen LogP contribution is -2.52. The normalized spacial score (nSPS) is 24.5. The predicted octanol–water partition coefficient (Wildman–Crippen LogP) is 1.10. The number of halogens is 1. The summed E-state index contributed by atoms with van der Waals surface area (Å²) in [5, 5.41) is 3.31. The van der Waals surface area contributed by atoms with E-state index in [2.05, 4.69) is 40.9 Å². The molecule has 1 atom stereocenters. The minimum atomic E-state index is 0. The molecule has 23 heavy (non-hydrogen) atoms. The zero-order chi connectivity index (χ0) is 16.0. The quantitative estimate of drug-likeness (QED) is 0.369. The molecule has 2 aliphatic rings. The summed E-state index contributed by atoms with van der Waals surface area (Å²) in [6.45, 7) is 14.2. The van der Waals surface area contributed by atoms with E-state index < -0.39 is 0 Å². The SMILES string of the molecule is CCN1CCCC1CNC(N)=NCC(C)(C)N1CCOCC1.I. The van der Waals surface area contributed by atoms with Crippen LogP contribution in [0.15, 0.2) is 4.99 Å². The van der Waals surface area contributed by atoms with Crippen molar-refractivity contribution < 1.29 is 4.74 Å². The van der Waals surface area contributed by atoms with Crippen molar-refractivity contribution in [3.63, 3.8) is 0 Å². The molecule has 0 aromatic rings. The molecule has 0 amide bonds. The number of nitrogens with zero attached hydrogens (tertiary/aromatic N) is 3. The molecular weight excluding hydrogens is 405 g/mol. The second kappa shape index (κ2) is 10.0. The Hall–Kier alpha value is -0.120. The Morgan fingerprint density at radius 1 is 1.30 bits per heavy atom. The molecule has 2 fully saturated rings. The summed E-state index contributed by atoms with van der Waals surface area (Å²) in [7, 11) is 0. The Bertz CT molecular complexity index is 371. The maximum absolute atomic E-state index is 6.05. The highest BCUT2D eigenvalue weighted by molar-refractivity contribution is 14.0.